The number of benzene rings is 2. The highest BCUT2D eigenvalue weighted by atomic mass is 35.5. The van der Waals surface area contributed by atoms with Crippen molar-refractivity contribution in [1.82, 2.24) is 0 Å². The lowest BCUT2D eigenvalue weighted by molar-refractivity contribution is -0.123. The molecule has 0 aliphatic heterocycles. The maximum absolute atomic E-state index is 13.2. The summed E-state index contributed by atoms with van der Waals surface area (Å²) in [4.78, 5) is 24.3. The highest BCUT2D eigenvalue weighted by Gasteiger charge is 2.21. The highest BCUT2D eigenvalue weighted by Crippen LogP contribution is 2.21. The predicted octanol–water partition coefficient (Wildman–Crippen LogP) is 4.90. The van der Waals surface area contributed by atoms with E-state index in [1.54, 1.807) is 31.2 Å². The first-order valence-electron chi connectivity index (χ1n) is 8.50. The highest BCUT2D eigenvalue weighted by molar-refractivity contribution is 6.31. The summed E-state index contributed by atoms with van der Waals surface area (Å²) in [7, 11) is 0. The van der Waals surface area contributed by atoms with Crippen molar-refractivity contribution in [1.29, 1.82) is 0 Å². The third-order valence-corrected chi connectivity index (χ3v) is 4.08. The second-order valence-electron chi connectivity index (χ2n) is 7.27. The Bertz CT molecular complexity index is 832. The molecule has 0 radical (unpaired) electrons. The minimum absolute atomic E-state index is 0.0543. The van der Waals surface area contributed by atoms with Gasteiger partial charge in [0.05, 0.1) is 5.02 Å². The average molecular weight is 392 g/mol. The van der Waals surface area contributed by atoms with Gasteiger partial charge in [-0.15, -0.1) is 0 Å². The van der Waals surface area contributed by atoms with Gasteiger partial charge in [0.25, 0.3) is 0 Å². The van der Waals surface area contributed by atoms with Crippen molar-refractivity contribution in [3.05, 3.63) is 53.3 Å². The van der Waals surface area contributed by atoms with Gasteiger partial charge in [-0.3, -0.25) is 9.59 Å². The second-order valence-corrected chi connectivity index (χ2v) is 7.67. The van der Waals surface area contributed by atoms with Crippen molar-refractivity contribution in [3.63, 3.8) is 0 Å². The molecule has 1 unspecified atom stereocenters. The van der Waals surface area contributed by atoms with Gasteiger partial charge >= 0.3 is 0 Å². The summed E-state index contributed by atoms with van der Waals surface area (Å²) in [6, 6.07) is 10.5. The van der Waals surface area contributed by atoms with Gasteiger partial charge in [-0.05, 0) is 49.4 Å². The summed E-state index contributed by atoms with van der Waals surface area (Å²) < 4.78 is 13.2. The summed E-state index contributed by atoms with van der Waals surface area (Å²) in [6.45, 7) is 7.22. The molecular formula is C20H23ClFN3O2. The number of hydrogen-bond donors (Lipinski definition) is 3. The molecule has 5 nitrogen and oxygen atoms in total. The van der Waals surface area contributed by atoms with Crippen LogP contribution < -0.4 is 16.0 Å². The van der Waals surface area contributed by atoms with Crippen LogP contribution in [-0.4, -0.2) is 17.9 Å². The number of anilines is 3. The molecular weight excluding hydrogens is 369 g/mol. The lowest BCUT2D eigenvalue weighted by atomic mass is 9.95. The van der Waals surface area contributed by atoms with E-state index in [1.807, 2.05) is 20.8 Å². The van der Waals surface area contributed by atoms with E-state index in [4.69, 9.17) is 11.6 Å². The number of rotatable bonds is 5. The van der Waals surface area contributed by atoms with Crippen molar-refractivity contribution in [2.24, 2.45) is 5.41 Å². The maximum atomic E-state index is 13.2. The summed E-state index contributed by atoms with van der Waals surface area (Å²) in [5, 5.41) is 8.53. The van der Waals surface area contributed by atoms with Gasteiger partial charge in [0.15, 0.2) is 0 Å². The molecule has 0 bridgehead atoms. The average Bonchev–Trinajstić information content (AvgIpc) is 2.59. The molecule has 0 spiro atoms. The third-order valence-electron chi connectivity index (χ3n) is 3.79. The summed E-state index contributed by atoms with van der Waals surface area (Å²) in [5.41, 5.74) is 1.34. The number of amides is 2. The first kappa shape index (κ1) is 20.7. The van der Waals surface area contributed by atoms with Crippen LogP contribution in [0.3, 0.4) is 0 Å². The van der Waals surface area contributed by atoms with E-state index >= 15 is 0 Å². The molecule has 2 aromatic carbocycles. The lowest BCUT2D eigenvalue weighted by Crippen LogP contribution is -2.31. The van der Waals surface area contributed by atoms with Gasteiger partial charge in [-0.1, -0.05) is 32.4 Å². The molecule has 2 aromatic rings. The molecule has 27 heavy (non-hydrogen) atoms. The standard InChI is InChI=1S/C20H23ClFN3O2/c1-12(18(26)24-15-9-10-17(22)16(21)11-15)23-13-5-7-14(8-6-13)25-19(27)20(2,3)4/h5-12,23H,1-4H3,(H,24,26)(H,25,27). The van der Waals surface area contributed by atoms with E-state index in [2.05, 4.69) is 16.0 Å². The van der Waals surface area contributed by atoms with E-state index in [0.717, 1.165) is 5.69 Å². The quantitative estimate of drug-likeness (QED) is 0.678. The molecule has 0 saturated heterocycles. The van der Waals surface area contributed by atoms with Crippen LogP contribution in [0.2, 0.25) is 5.02 Å². The number of carbonyl (C=O) groups is 2. The normalized spacial score (nSPS) is 12.2. The number of carbonyl (C=O) groups excluding carboxylic acids is 2. The fourth-order valence-corrected chi connectivity index (χ4v) is 2.29. The van der Waals surface area contributed by atoms with Crippen LogP contribution in [0.15, 0.2) is 42.5 Å². The fraction of sp³-hybridized carbons (Fsp3) is 0.300. The van der Waals surface area contributed by atoms with Crippen LogP contribution in [0, 0.1) is 11.2 Å². The first-order chi connectivity index (χ1) is 12.6. The van der Waals surface area contributed by atoms with Crippen molar-refractivity contribution in [2.75, 3.05) is 16.0 Å². The minimum atomic E-state index is -0.542. The van der Waals surface area contributed by atoms with Gasteiger partial charge in [0.2, 0.25) is 11.8 Å². The Morgan fingerprint density at radius 3 is 2.07 bits per heavy atom. The van der Waals surface area contributed by atoms with Crippen LogP contribution in [0.25, 0.3) is 0 Å². The van der Waals surface area contributed by atoms with Crippen LogP contribution in [0.5, 0.6) is 0 Å². The Balaban J connectivity index is 1.94. The Morgan fingerprint density at radius 1 is 0.963 bits per heavy atom. The predicted molar refractivity (Wildman–Crippen MR) is 108 cm³/mol. The Morgan fingerprint density at radius 2 is 1.52 bits per heavy atom. The molecule has 0 heterocycles. The Labute approximate surface area is 163 Å². The Hall–Kier alpha value is -2.60. The van der Waals surface area contributed by atoms with Crippen molar-refractivity contribution in [3.8, 4) is 0 Å². The van der Waals surface area contributed by atoms with Crippen LogP contribution >= 0.6 is 11.6 Å². The molecule has 7 heteroatoms. The summed E-state index contributed by atoms with van der Waals surface area (Å²) in [6.07, 6.45) is 0. The molecule has 0 aliphatic carbocycles. The summed E-state index contributed by atoms with van der Waals surface area (Å²) >= 11 is 5.71. The molecule has 0 aliphatic rings. The van der Waals surface area contributed by atoms with E-state index in [-0.39, 0.29) is 16.8 Å². The van der Waals surface area contributed by atoms with E-state index in [1.165, 1.54) is 18.2 Å². The molecule has 0 saturated carbocycles. The smallest absolute Gasteiger partial charge is 0.246 e. The van der Waals surface area contributed by atoms with E-state index in [0.29, 0.717) is 11.4 Å². The topological polar surface area (TPSA) is 70.2 Å². The largest absolute Gasteiger partial charge is 0.374 e. The van der Waals surface area contributed by atoms with Gasteiger partial charge in [-0.25, -0.2) is 4.39 Å². The monoisotopic (exact) mass is 391 g/mol. The minimum Gasteiger partial charge on any atom is -0.374 e. The van der Waals surface area contributed by atoms with Crippen LogP contribution in [-0.2, 0) is 9.59 Å². The van der Waals surface area contributed by atoms with Crippen LogP contribution in [0.4, 0.5) is 21.5 Å². The SMILES string of the molecule is CC(Nc1ccc(NC(=O)C(C)(C)C)cc1)C(=O)Nc1ccc(F)c(Cl)c1. The molecule has 1 atom stereocenters. The summed E-state index contributed by atoms with van der Waals surface area (Å²) in [5.74, 6) is -0.906. The lowest BCUT2D eigenvalue weighted by Gasteiger charge is -2.18. The van der Waals surface area contributed by atoms with E-state index in [9.17, 15) is 14.0 Å². The molecule has 0 aromatic heterocycles. The fourth-order valence-electron chi connectivity index (χ4n) is 2.11. The van der Waals surface area contributed by atoms with Gasteiger partial charge in [0, 0.05) is 22.5 Å². The van der Waals surface area contributed by atoms with Crippen molar-refractivity contribution in [2.45, 2.75) is 33.7 Å². The second kappa shape index (κ2) is 8.39. The Kier molecular flexibility index (Phi) is 6.44. The number of hydrogen-bond acceptors (Lipinski definition) is 3. The van der Waals surface area contributed by atoms with Gasteiger partial charge in [0.1, 0.15) is 11.9 Å². The molecule has 2 rings (SSSR count). The zero-order chi connectivity index (χ0) is 20.2. The molecule has 0 fully saturated rings. The number of halogens is 2. The van der Waals surface area contributed by atoms with Crippen LogP contribution in [0.1, 0.15) is 27.7 Å². The zero-order valence-electron chi connectivity index (χ0n) is 15.7. The molecule has 144 valence electrons. The van der Waals surface area contributed by atoms with E-state index < -0.39 is 17.3 Å². The zero-order valence-corrected chi connectivity index (χ0v) is 16.4. The van der Waals surface area contributed by atoms with Crippen molar-refractivity contribution < 1.29 is 14.0 Å². The molecule has 2 amide bonds. The van der Waals surface area contributed by atoms with Crippen molar-refractivity contribution >= 4 is 40.5 Å². The third kappa shape index (κ3) is 5.96. The first-order valence-corrected chi connectivity index (χ1v) is 8.88. The maximum Gasteiger partial charge on any atom is 0.246 e. The molecule has 3 N–H and O–H groups in total. The van der Waals surface area contributed by atoms with Gasteiger partial charge in [-0.2, -0.15) is 0 Å². The van der Waals surface area contributed by atoms with Gasteiger partial charge < -0.3 is 16.0 Å². The number of nitrogens with one attached hydrogen (secondary N) is 3.